The summed E-state index contributed by atoms with van der Waals surface area (Å²) in [5.74, 6) is 6.03. The van der Waals surface area contributed by atoms with Gasteiger partial charge in [-0.3, -0.25) is 10.2 Å². The van der Waals surface area contributed by atoms with Gasteiger partial charge in [-0.1, -0.05) is 24.1 Å². The van der Waals surface area contributed by atoms with Crippen LogP contribution in [0.5, 0.6) is 0 Å². The second-order valence-electron chi connectivity index (χ2n) is 4.04. The van der Waals surface area contributed by atoms with Crippen molar-refractivity contribution in [1.82, 2.24) is 5.43 Å². The Balaban J connectivity index is 2.04. The van der Waals surface area contributed by atoms with Crippen LogP contribution in [0.3, 0.4) is 0 Å². The third-order valence-corrected chi connectivity index (χ3v) is 3.60. The second-order valence-corrected chi connectivity index (χ2v) is 5.21. The molecule has 17 heavy (non-hydrogen) atoms. The summed E-state index contributed by atoms with van der Waals surface area (Å²) in [7, 11) is 0. The normalized spacial score (nSPS) is 10.2. The topological polar surface area (TPSA) is 55.1 Å². The zero-order valence-corrected chi connectivity index (χ0v) is 11.1. The van der Waals surface area contributed by atoms with Gasteiger partial charge in [-0.25, -0.2) is 5.84 Å². The lowest BCUT2D eigenvalue weighted by molar-refractivity contribution is -0.121. The van der Waals surface area contributed by atoms with Gasteiger partial charge in [-0.05, 0) is 37.7 Å². The molecule has 0 aliphatic carbocycles. The molecular weight excluding hydrogens is 232 g/mol. The summed E-state index contributed by atoms with van der Waals surface area (Å²) in [5, 5.41) is 0. The highest BCUT2D eigenvalue weighted by molar-refractivity contribution is 7.99. The summed E-state index contributed by atoms with van der Waals surface area (Å²) >= 11 is 1.87. The Kier molecular flexibility index (Phi) is 6.74. The molecule has 0 aliphatic rings. The smallest absolute Gasteiger partial charge is 0.233 e. The average Bonchev–Trinajstić information content (AvgIpc) is 2.35. The number of hydrazine groups is 1. The first-order valence-electron chi connectivity index (χ1n) is 5.91. The van der Waals surface area contributed by atoms with Crippen LogP contribution in [0.2, 0.25) is 0 Å². The molecule has 1 aromatic carbocycles. The minimum absolute atomic E-state index is 0.0730. The molecule has 0 unspecified atom stereocenters. The second kappa shape index (κ2) is 8.14. The zero-order valence-electron chi connectivity index (χ0n) is 10.2. The van der Waals surface area contributed by atoms with Crippen LogP contribution in [0.25, 0.3) is 0 Å². The number of amides is 1. The maximum Gasteiger partial charge on any atom is 0.233 e. The highest BCUT2D eigenvalue weighted by Crippen LogP contribution is 2.20. The first-order valence-corrected chi connectivity index (χ1v) is 6.90. The van der Waals surface area contributed by atoms with Crippen molar-refractivity contribution in [2.75, 3.05) is 5.75 Å². The van der Waals surface area contributed by atoms with Crippen molar-refractivity contribution < 1.29 is 4.79 Å². The number of hydrogen-bond acceptors (Lipinski definition) is 3. The standard InChI is InChI=1S/C13H20N2OS/c1-11-6-8-12(9-7-11)17-10-4-2-3-5-13(16)15-14/h6-9H,2-5,10,14H2,1H3,(H,15,16). The van der Waals surface area contributed by atoms with Crippen LogP contribution in [0.1, 0.15) is 31.2 Å². The fraction of sp³-hybridized carbons (Fsp3) is 0.462. The number of nitrogens with two attached hydrogens (primary N) is 1. The molecule has 0 saturated carbocycles. The van der Waals surface area contributed by atoms with Crippen LogP contribution in [-0.2, 0) is 4.79 Å². The van der Waals surface area contributed by atoms with Gasteiger partial charge in [0.2, 0.25) is 5.91 Å². The molecule has 0 spiro atoms. The van der Waals surface area contributed by atoms with E-state index in [0.29, 0.717) is 6.42 Å². The van der Waals surface area contributed by atoms with Crippen LogP contribution in [0.4, 0.5) is 0 Å². The van der Waals surface area contributed by atoms with Gasteiger partial charge in [0.25, 0.3) is 0 Å². The van der Waals surface area contributed by atoms with E-state index in [0.717, 1.165) is 25.0 Å². The molecular formula is C13H20N2OS. The van der Waals surface area contributed by atoms with Crippen LogP contribution in [0.15, 0.2) is 29.2 Å². The zero-order chi connectivity index (χ0) is 12.5. The van der Waals surface area contributed by atoms with Gasteiger partial charge in [0.15, 0.2) is 0 Å². The molecule has 1 aromatic rings. The molecule has 1 rings (SSSR count). The van der Waals surface area contributed by atoms with Gasteiger partial charge in [-0.2, -0.15) is 0 Å². The van der Waals surface area contributed by atoms with Crippen LogP contribution in [0, 0.1) is 6.92 Å². The number of rotatable bonds is 7. The van der Waals surface area contributed by atoms with Crippen LogP contribution >= 0.6 is 11.8 Å². The minimum Gasteiger partial charge on any atom is -0.294 e. The molecule has 3 N–H and O–H groups in total. The van der Waals surface area contributed by atoms with Gasteiger partial charge in [0, 0.05) is 11.3 Å². The van der Waals surface area contributed by atoms with Crippen molar-refractivity contribution in [3.8, 4) is 0 Å². The van der Waals surface area contributed by atoms with Gasteiger partial charge < -0.3 is 0 Å². The summed E-state index contributed by atoms with van der Waals surface area (Å²) < 4.78 is 0. The molecule has 94 valence electrons. The van der Waals surface area contributed by atoms with Crippen LogP contribution < -0.4 is 11.3 Å². The number of carbonyl (C=O) groups excluding carboxylic acids is 1. The Hall–Kier alpha value is -1.00. The first-order chi connectivity index (χ1) is 8.22. The lowest BCUT2D eigenvalue weighted by Gasteiger charge is -2.02. The number of carbonyl (C=O) groups is 1. The minimum atomic E-state index is -0.0730. The summed E-state index contributed by atoms with van der Waals surface area (Å²) in [4.78, 5) is 12.2. The van der Waals surface area contributed by atoms with Gasteiger partial charge in [0.05, 0.1) is 0 Å². The first kappa shape index (κ1) is 14.1. The SMILES string of the molecule is Cc1ccc(SCCCCCC(=O)NN)cc1. The van der Waals surface area contributed by atoms with E-state index in [1.54, 1.807) is 0 Å². The number of aryl methyl sites for hydroxylation is 1. The predicted octanol–water partition coefficient (Wildman–Crippen LogP) is 2.64. The van der Waals surface area contributed by atoms with E-state index < -0.39 is 0 Å². The molecule has 1 amide bonds. The van der Waals surface area contributed by atoms with E-state index in [-0.39, 0.29) is 5.91 Å². The number of hydrogen-bond donors (Lipinski definition) is 2. The van der Waals surface area contributed by atoms with E-state index >= 15 is 0 Å². The quantitative estimate of drug-likeness (QED) is 0.258. The molecule has 0 saturated heterocycles. The third kappa shape index (κ3) is 6.34. The van der Waals surface area contributed by atoms with Crippen molar-refractivity contribution >= 4 is 17.7 Å². The van der Waals surface area contributed by atoms with E-state index in [9.17, 15) is 4.79 Å². The highest BCUT2D eigenvalue weighted by atomic mass is 32.2. The Morgan fingerprint density at radius 3 is 2.59 bits per heavy atom. The lowest BCUT2D eigenvalue weighted by atomic mass is 10.2. The van der Waals surface area contributed by atoms with Crippen molar-refractivity contribution in [1.29, 1.82) is 0 Å². The third-order valence-electron chi connectivity index (χ3n) is 2.50. The molecule has 0 atom stereocenters. The maximum atomic E-state index is 10.9. The monoisotopic (exact) mass is 252 g/mol. The fourth-order valence-corrected chi connectivity index (χ4v) is 2.37. The van der Waals surface area contributed by atoms with E-state index in [2.05, 4.69) is 36.6 Å². The molecule has 0 aliphatic heterocycles. The van der Waals surface area contributed by atoms with Crippen molar-refractivity contribution in [2.45, 2.75) is 37.5 Å². The van der Waals surface area contributed by atoms with E-state index in [1.165, 1.54) is 10.5 Å². The predicted molar refractivity (Wildman–Crippen MR) is 72.7 cm³/mol. The van der Waals surface area contributed by atoms with E-state index in [1.807, 2.05) is 11.8 Å². The summed E-state index contributed by atoms with van der Waals surface area (Å²) in [5.41, 5.74) is 3.44. The number of benzene rings is 1. The molecule has 0 heterocycles. The number of nitrogens with one attached hydrogen (secondary N) is 1. The van der Waals surface area contributed by atoms with Crippen LogP contribution in [-0.4, -0.2) is 11.7 Å². The molecule has 4 heteroatoms. The average molecular weight is 252 g/mol. The van der Waals surface area contributed by atoms with Crippen molar-refractivity contribution in [3.05, 3.63) is 29.8 Å². The molecule has 0 radical (unpaired) electrons. The summed E-state index contributed by atoms with van der Waals surface area (Å²) in [6.45, 7) is 2.09. The van der Waals surface area contributed by atoms with Crippen molar-refractivity contribution in [3.63, 3.8) is 0 Å². The largest absolute Gasteiger partial charge is 0.294 e. The van der Waals surface area contributed by atoms with Gasteiger partial charge in [0.1, 0.15) is 0 Å². The summed E-state index contributed by atoms with van der Waals surface area (Å²) in [6.07, 6.45) is 3.66. The molecule has 0 bridgehead atoms. The fourth-order valence-electron chi connectivity index (χ4n) is 1.46. The van der Waals surface area contributed by atoms with Gasteiger partial charge >= 0.3 is 0 Å². The Morgan fingerprint density at radius 2 is 1.94 bits per heavy atom. The molecule has 3 nitrogen and oxygen atoms in total. The Bertz CT molecular complexity index is 338. The highest BCUT2D eigenvalue weighted by Gasteiger charge is 1.98. The molecule has 0 fully saturated rings. The van der Waals surface area contributed by atoms with E-state index in [4.69, 9.17) is 5.84 Å². The number of unbranched alkanes of at least 4 members (excludes halogenated alkanes) is 2. The number of thioether (sulfide) groups is 1. The Labute approximate surface area is 107 Å². The maximum absolute atomic E-state index is 10.9. The summed E-state index contributed by atoms with van der Waals surface area (Å²) in [6, 6.07) is 8.57. The Morgan fingerprint density at radius 1 is 1.24 bits per heavy atom. The van der Waals surface area contributed by atoms with Gasteiger partial charge in [-0.15, -0.1) is 11.8 Å². The molecule has 0 aromatic heterocycles. The van der Waals surface area contributed by atoms with Crippen molar-refractivity contribution in [2.24, 2.45) is 5.84 Å². The lowest BCUT2D eigenvalue weighted by Crippen LogP contribution is -2.29.